The Morgan fingerprint density at radius 2 is 1.97 bits per heavy atom. The minimum atomic E-state index is -0.0113. The van der Waals surface area contributed by atoms with Crippen molar-refractivity contribution in [3.8, 4) is 0 Å². The third kappa shape index (κ3) is 4.93. The zero-order chi connectivity index (χ0) is 24.5. The Labute approximate surface area is 207 Å². The summed E-state index contributed by atoms with van der Waals surface area (Å²) < 4.78 is 5.53. The number of aryl methyl sites for hydroxylation is 1. The Morgan fingerprint density at radius 3 is 2.68 bits per heavy atom. The molecule has 1 atom stereocenters. The highest BCUT2D eigenvalue weighted by molar-refractivity contribution is 8.18. The Morgan fingerprint density at radius 1 is 1.24 bits per heavy atom. The first-order chi connectivity index (χ1) is 16.2. The maximum Gasteiger partial charge on any atom is 0.266 e. The van der Waals surface area contributed by atoms with Crippen molar-refractivity contribution in [2.24, 2.45) is 4.99 Å². The zero-order valence-electron chi connectivity index (χ0n) is 21.1. The topological polar surface area (TPSA) is 45.1 Å². The number of amides is 1. The Bertz CT molecular complexity index is 1120. The van der Waals surface area contributed by atoms with Crippen LogP contribution in [0.15, 0.2) is 52.4 Å². The number of ether oxygens (including phenoxy) is 1. The summed E-state index contributed by atoms with van der Waals surface area (Å²) in [4.78, 5) is 23.0. The van der Waals surface area contributed by atoms with E-state index in [1.54, 1.807) is 4.90 Å². The van der Waals surface area contributed by atoms with E-state index >= 15 is 0 Å². The van der Waals surface area contributed by atoms with Crippen molar-refractivity contribution in [2.75, 3.05) is 31.7 Å². The molecule has 0 radical (unpaired) electrons. The normalized spacial score (nSPS) is 22.1. The van der Waals surface area contributed by atoms with Gasteiger partial charge in [-0.3, -0.25) is 9.69 Å². The smallest absolute Gasteiger partial charge is 0.266 e. The standard InChI is InChI=1S/C28H35N3O2S/c1-7-33-14-13-31-26(32)25(34-27(31)29-22-11-9-8-10-12-22)17-21-16-23-20(3)18-28(4,5)30(6)24(23)15-19(21)2/h8-12,15-17,20H,7,13-14,18H2,1-6H3/b25-17+,29-27?. The van der Waals surface area contributed by atoms with Crippen molar-refractivity contribution in [3.05, 3.63) is 64.1 Å². The number of fused-ring (bicyclic) bond motifs is 1. The SMILES string of the molecule is CCOCCN1C(=O)/C(=C\c2cc3c(cc2C)N(C)C(C)(C)CC3C)SC1=Nc1ccccc1. The van der Waals surface area contributed by atoms with Crippen molar-refractivity contribution in [1.82, 2.24) is 4.90 Å². The van der Waals surface area contributed by atoms with Gasteiger partial charge in [0.15, 0.2) is 5.17 Å². The van der Waals surface area contributed by atoms with Gasteiger partial charge in [-0.15, -0.1) is 0 Å². The molecule has 6 heteroatoms. The van der Waals surface area contributed by atoms with Gasteiger partial charge in [-0.05, 0) is 98.8 Å². The number of anilines is 1. The van der Waals surface area contributed by atoms with Gasteiger partial charge in [-0.1, -0.05) is 25.1 Å². The summed E-state index contributed by atoms with van der Waals surface area (Å²) in [6.07, 6.45) is 3.14. The van der Waals surface area contributed by atoms with E-state index in [1.807, 2.05) is 43.3 Å². The Kier molecular flexibility index (Phi) is 7.20. The largest absolute Gasteiger partial charge is 0.380 e. The summed E-state index contributed by atoms with van der Waals surface area (Å²) >= 11 is 1.44. The monoisotopic (exact) mass is 477 g/mol. The molecule has 1 amide bonds. The molecule has 1 unspecified atom stereocenters. The lowest BCUT2D eigenvalue weighted by Gasteiger charge is -2.45. The van der Waals surface area contributed by atoms with Gasteiger partial charge in [0.1, 0.15) is 0 Å². The molecule has 34 heavy (non-hydrogen) atoms. The van der Waals surface area contributed by atoms with Crippen LogP contribution in [0.3, 0.4) is 0 Å². The van der Waals surface area contributed by atoms with Crippen LogP contribution in [0.5, 0.6) is 0 Å². The minimum Gasteiger partial charge on any atom is -0.380 e. The number of aliphatic imine (C=N–C) groups is 1. The van der Waals surface area contributed by atoms with Crippen LogP contribution in [0.2, 0.25) is 0 Å². The van der Waals surface area contributed by atoms with Gasteiger partial charge < -0.3 is 9.64 Å². The highest BCUT2D eigenvalue weighted by Gasteiger charge is 2.36. The molecule has 0 bridgehead atoms. The first-order valence-electron chi connectivity index (χ1n) is 12.0. The van der Waals surface area contributed by atoms with Crippen molar-refractivity contribution in [2.45, 2.75) is 52.5 Å². The summed E-state index contributed by atoms with van der Waals surface area (Å²) in [7, 11) is 2.18. The summed E-state index contributed by atoms with van der Waals surface area (Å²) in [5.74, 6) is 0.451. The molecule has 5 nitrogen and oxygen atoms in total. The second kappa shape index (κ2) is 9.96. The van der Waals surface area contributed by atoms with Crippen molar-refractivity contribution >= 4 is 40.3 Å². The number of thioether (sulfide) groups is 1. The van der Waals surface area contributed by atoms with Crippen LogP contribution in [-0.4, -0.2) is 48.3 Å². The number of amidine groups is 1. The molecular formula is C28H35N3O2S. The molecule has 0 N–H and O–H groups in total. The first kappa shape index (κ1) is 24.6. The molecule has 2 aliphatic rings. The molecule has 0 saturated carbocycles. The number of hydrogen-bond donors (Lipinski definition) is 0. The highest BCUT2D eigenvalue weighted by atomic mass is 32.2. The first-order valence-corrected chi connectivity index (χ1v) is 12.8. The van der Waals surface area contributed by atoms with Gasteiger partial charge in [0.25, 0.3) is 5.91 Å². The van der Waals surface area contributed by atoms with E-state index in [1.165, 1.54) is 28.6 Å². The molecule has 180 valence electrons. The van der Waals surface area contributed by atoms with Crippen molar-refractivity contribution < 1.29 is 9.53 Å². The fourth-order valence-electron chi connectivity index (χ4n) is 4.73. The van der Waals surface area contributed by atoms with E-state index in [2.05, 4.69) is 51.8 Å². The lowest BCUT2D eigenvalue weighted by Crippen LogP contribution is -2.45. The summed E-state index contributed by atoms with van der Waals surface area (Å²) in [6, 6.07) is 14.3. The number of benzene rings is 2. The molecule has 2 aliphatic heterocycles. The summed E-state index contributed by atoms with van der Waals surface area (Å²) in [5, 5.41) is 0.701. The van der Waals surface area contributed by atoms with Crippen LogP contribution < -0.4 is 4.90 Å². The average molecular weight is 478 g/mol. The molecule has 2 heterocycles. The third-order valence-corrected chi connectivity index (χ3v) is 7.85. The maximum atomic E-state index is 13.4. The van der Waals surface area contributed by atoms with Crippen LogP contribution in [0.25, 0.3) is 6.08 Å². The second-order valence-corrected chi connectivity index (χ2v) is 10.7. The maximum absolute atomic E-state index is 13.4. The van der Waals surface area contributed by atoms with Gasteiger partial charge >= 0.3 is 0 Å². The number of para-hydroxylation sites is 1. The molecule has 4 rings (SSSR count). The lowest BCUT2D eigenvalue weighted by atomic mass is 9.79. The summed E-state index contributed by atoms with van der Waals surface area (Å²) in [6.45, 7) is 12.6. The van der Waals surface area contributed by atoms with Gasteiger partial charge in [-0.2, -0.15) is 0 Å². The molecule has 0 aromatic heterocycles. The van der Waals surface area contributed by atoms with Crippen molar-refractivity contribution in [3.63, 3.8) is 0 Å². The number of rotatable bonds is 6. The van der Waals surface area contributed by atoms with E-state index in [4.69, 9.17) is 9.73 Å². The Balaban J connectivity index is 1.69. The number of hydrogen-bond acceptors (Lipinski definition) is 5. The molecule has 0 spiro atoms. The lowest BCUT2D eigenvalue weighted by molar-refractivity contribution is -0.122. The molecule has 2 aromatic rings. The molecule has 2 aromatic carbocycles. The van der Waals surface area contributed by atoms with Gasteiger partial charge in [0, 0.05) is 24.9 Å². The quantitative estimate of drug-likeness (QED) is 0.359. The van der Waals surface area contributed by atoms with Gasteiger partial charge in [0.05, 0.1) is 23.7 Å². The van der Waals surface area contributed by atoms with E-state index in [9.17, 15) is 4.79 Å². The van der Waals surface area contributed by atoms with E-state index in [0.29, 0.717) is 35.7 Å². The second-order valence-electron chi connectivity index (χ2n) is 9.74. The number of nitrogens with zero attached hydrogens (tertiary/aromatic N) is 3. The predicted octanol–water partition coefficient (Wildman–Crippen LogP) is 6.36. The van der Waals surface area contributed by atoms with Crippen molar-refractivity contribution in [1.29, 1.82) is 0 Å². The van der Waals surface area contributed by atoms with Crippen LogP contribution in [-0.2, 0) is 9.53 Å². The third-order valence-electron chi connectivity index (χ3n) is 6.84. The average Bonchev–Trinajstić information content (AvgIpc) is 3.08. The zero-order valence-corrected chi connectivity index (χ0v) is 21.9. The minimum absolute atomic E-state index is 0.0113. The highest BCUT2D eigenvalue weighted by Crippen LogP contribution is 2.44. The Hall–Kier alpha value is -2.57. The molecule has 1 fully saturated rings. The van der Waals surface area contributed by atoms with Crippen LogP contribution >= 0.6 is 11.8 Å². The fourth-order valence-corrected chi connectivity index (χ4v) is 5.75. The molecule has 0 aliphatic carbocycles. The predicted molar refractivity (Wildman–Crippen MR) is 144 cm³/mol. The summed E-state index contributed by atoms with van der Waals surface area (Å²) in [5.41, 5.74) is 5.87. The van der Waals surface area contributed by atoms with Crippen LogP contribution in [0, 0.1) is 6.92 Å². The van der Waals surface area contributed by atoms with E-state index < -0.39 is 0 Å². The van der Waals surface area contributed by atoms with Gasteiger partial charge in [0.2, 0.25) is 0 Å². The number of carbonyl (C=O) groups excluding carboxylic acids is 1. The van der Waals surface area contributed by atoms with E-state index in [0.717, 1.165) is 17.7 Å². The molecule has 1 saturated heterocycles. The number of carbonyl (C=O) groups is 1. The van der Waals surface area contributed by atoms with E-state index in [-0.39, 0.29) is 11.4 Å². The van der Waals surface area contributed by atoms with Crippen LogP contribution in [0.1, 0.15) is 56.7 Å². The fraction of sp³-hybridized carbons (Fsp3) is 0.429. The molecular weight excluding hydrogens is 442 g/mol. The van der Waals surface area contributed by atoms with Crippen LogP contribution in [0.4, 0.5) is 11.4 Å². The van der Waals surface area contributed by atoms with Gasteiger partial charge in [-0.25, -0.2) is 4.99 Å².